The van der Waals surface area contributed by atoms with E-state index in [2.05, 4.69) is 0 Å². The Kier molecular flexibility index (Phi) is 10.6. The number of carbonyl (C=O) groups is 3. The molecule has 14 nitrogen and oxygen atoms in total. The molecule has 0 heterocycles. The van der Waals surface area contributed by atoms with E-state index in [1.807, 2.05) is 0 Å². The maximum absolute atomic E-state index is 11.7. The summed E-state index contributed by atoms with van der Waals surface area (Å²) in [5.74, 6) is -5.28. The second-order valence-electron chi connectivity index (χ2n) is 6.72. The van der Waals surface area contributed by atoms with Crippen LogP contribution in [0, 0.1) is 5.92 Å². The van der Waals surface area contributed by atoms with Gasteiger partial charge in [-0.1, -0.05) is 13.8 Å². The summed E-state index contributed by atoms with van der Waals surface area (Å²) in [6.45, 7) is 1.85. The molecular weight excluding hydrogens is 438 g/mol. The van der Waals surface area contributed by atoms with Crippen LogP contribution in [0.5, 0.6) is 0 Å². The Morgan fingerprint density at radius 3 is 1.55 bits per heavy atom. The predicted octanol–water partition coefficient (Wildman–Crippen LogP) is -1.10. The molecule has 0 aromatic carbocycles. The van der Waals surface area contributed by atoms with Gasteiger partial charge < -0.3 is 34.9 Å². The lowest BCUT2D eigenvalue weighted by Crippen LogP contribution is -2.55. The fourth-order valence-electron chi connectivity index (χ4n) is 2.77. The molecule has 0 radical (unpaired) electrons. The summed E-state index contributed by atoms with van der Waals surface area (Å²) in [7, 11) is -9.52. The molecule has 0 aliphatic heterocycles. The average molecular weight is 464 g/mol. The number of nitrogens with zero attached hydrogens (tertiary/aromatic N) is 2. The second-order valence-corrected chi connectivity index (χ2v) is 9.95. The van der Waals surface area contributed by atoms with Crippen LogP contribution in [-0.4, -0.2) is 100 Å². The highest BCUT2D eigenvalue weighted by atomic mass is 31.2. The van der Waals surface area contributed by atoms with Gasteiger partial charge in [-0.3, -0.25) is 33.3 Å². The van der Waals surface area contributed by atoms with Crippen molar-refractivity contribution in [2.75, 3.05) is 25.7 Å². The number of carboxylic acids is 3. The quantitative estimate of drug-likeness (QED) is 0.151. The molecule has 29 heavy (non-hydrogen) atoms. The maximum Gasteiger partial charge on any atom is 0.339 e. The molecule has 0 saturated carbocycles. The molecule has 16 heteroatoms. The Morgan fingerprint density at radius 1 is 0.828 bits per heavy atom. The Labute approximate surface area is 166 Å². The molecule has 0 fully saturated rings. The summed E-state index contributed by atoms with van der Waals surface area (Å²) in [5, 5.41) is 27.8. The van der Waals surface area contributed by atoms with Crippen LogP contribution in [0.1, 0.15) is 20.3 Å². The van der Waals surface area contributed by atoms with Crippen LogP contribution in [-0.2, 0) is 23.5 Å². The molecule has 0 aliphatic rings. The lowest BCUT2D eigenvalue weighted by atomic mass is 9.99. The van der Waals surface area contributed by atoms with Gasteiger partial charge in [0.05, 0.1) is 6.42 Å². The van der Waals surface area contributed by atoms with Gasteiger partial charge in [-0.15, -0.1) is 0 Å². The van der Waals surface area contributed by atoms with Crippen molar-refractivity contribution >= 4 is 33.1 Å². The Hall–Kier alpha value is -1.37. The summed E-state index contributed by atoms with van der Waals surface area (Å²) in [6.07, 6.45) is -3.09. The predicted molar refractivity (Wildman–Crippen MR) is 97.2 cm³/mol. The van der Waals surface area contributed by atoms with E-state index in [0.29, 0.717) is 4.90 Å². The van der Waals surface area contributed by atoms with Gasteiger partial charge in [0.15, 0.2) is 0 Å². The van der Waals surface area contributed by atoms with Crippen LogP contribution in [0.4, 0.5) is 0 Å². The molecule has 0 rings (SSSR count). The molecule has 7 N–H and O–H groups in total. The molecule has 0 aromatic heterocycles. The first kappa shape index (κ1) is 27.6. The van der Waals surface area contributed by atoms with Crippen LogP contribution >= 0.6 is 15.2 Å². The van der Waals surface area contributed by atoms with E-state index in [-0.39, 0.29) is 0 Å². The number of hydrogen-bond acceptors (Lipinski definition) is 7. The number of rotatable bonds is 14. The zero-order valence-electron chi connectivity index (χ0n) is 15.7. The van der Waals surface area contributed by atoms with E-state index in [4.69, 9.17) is 24.7 Å². The van der Waals surface area contributed by atoms with E-state index in [1.54, 1.807) is 0 Å². The normalized spacial score (nSPS) is 14.9. The van der Waals surface area contributed by atoms with Crippen molar-refractivity contribution in [1.29, 1.82) is 0 Å². The summed E-state index contributed by atoms with van der Waals surface area (Å²) in [6, 6.07) is -3.26. The zero-order chi connectivity index (χ0) is 23.2. The van der Waals surface area contributed by atoms with E-state index >= 15 is 0 Å². The van der Waals surface area contributed by atoms with Crippen LogP contribution < -0.4 is 0 Å². The molecule has 2 unspecified atom stereocenters. The summed E-state index contributed by atoms with van der Waals surface area (Å²) in [5.41, 5.74) is 0. The van der Waals surface area contributed by atoms with Crippen LogP contribution in [0.25, 0.3) is 0 Å². The van der Waals surface area contributed by atoms with E-state index in [1.165, 1.54) is 13.8 Å². The smallest absolute Gasteiger partial charge is 0.339 e. The number of carboxylic acid groups (broad SMARTS) is 3. The van der Waals surface area contributed by atoms with Gasteiger partial charge in [0.2, 0.25) is 0 Å². The maximum atomic E-state index is 11.7. The van der Waals surface area contributed by atoms with Crippen molar-refractivity contribution in [2.24, 2.45) is 5.92 Å². The van der Waals surface area contributed by atoms with Crippen molar-refractivity contribution in [3.63, 3.8) is 0 Å². The topological polar surface area (TPSA) is 233 Å². The second kappa shape index (κ2) is 11.1. The Morgan fingerprint density at radius 2 is 1.28 bits per heavy atom. The molecule has 2 atom stereocenters. The molecule has 0 saturated heterocycles. The van der Waals surface area contributed by atoms with E-state index < -0.39 is 83.2 Å². The van der Waals surface area contributed by atoms with Crippen LogP contribution in [0.3, 0.4) is 0 Å². The van der Waals surface area contributed by atoms with Crippen LogP contribution in [0.15, 0.2) is 0 Å². The molecule has 0 aliphatic carbocycles. The van der Waals surface area contributed by atoms with Gasteiger partial charge in [0, 0.05) is 13.1 Å². The van der Waals surface area contributed by atoms with E-state index in [9.17, 15) is 33.7 Å². The highest BCUT2D eigenvalue weighted by Gasteiger charge is 2.39. The first-order valence-corrected chi connectivity index (χ1v) is 11.8. The van der Waals surface area contributed by atoms with E-state index in [0.717, 1.165) is 4.90 Å². The van der Waals surface area contributed by atoms with Gasteiger partial charge in [-0.05, 0) is 5.92 Å². The lowest BCUT2D eigenvalue weighted by Gasteiger charge is -2.36. The molecule has 170 valence electrons. The standard InChI is InChI=1S/C13H26N2O12P2/c1-8(2)11(13(20)21)15(9(12(18)19)5-10(16)17)4-3-14(6-28(22,23)24)7-29(25,26)27/h8-9,11H,3-7H2,1-2H3,(H,16,17)(H,18,19)(H,20,21)(H2,22,23,24)(H2,25,26,27). The molecular formula is C13H26N2O12P2. The number of hydrogen-bond donors (Lipinski definition) is 7. The molecule has 0 spiro atoms. The summed E-state index contributed by atoms with van der Waals surface area (Å²) in [4.78, 5) is 72.1. The van der Waals surface area contributed by atoms with Crippen LogP contribution in [0.2, 0.25) is 0 Å². The third-order valence-corrected chi connectivity index (χ3v) is 5.27. The zero-order valence-corrected chi connectivity index (χ0v) is 17.5. The van der Waals surface area contributed by atoms with Crippen molar-refractivity contribution in [2.45, 2.75) is 32.4 Å². The van der Waals surface area contributed by atoms with Gasteiger partial charge >= 0.3 is 33.1 Å². The number of aliphatic carboxylic acids is 3. The third-order valence-electron chi connectivity index (χ3n) is 3.74. The highest BCUT2D eigenvalue weighted by Crippen LogP contribution is 2.40. The average Bonchev–Trinajstić information content (AvgIpc) is 2.44. The first-order chi connectivity index (χ1) is 12.9. The molecule has 0 bridgehead atoms. The molecule has 0 aromatic rings. The van der Waals surface area contributed by atoms with Gasteiger partial charge in [0.25, 0.3) is 0 Å². The molecule has 0 amide bonds. The minimum atomic E-state index is -4.76. The van der Waals surface area contributed by atoms with Gasteiger partial charge in [-0.2, -0.15) is 0 Å². The summed E-state index contributed by atoms with van der Waals surface area (Å²) >= 11 is 0. The Bertz CT molecular complexity index is 663. The monoisotopic (exact) mass is 464 g/mol. The Balaban J connectivity index is 5.89. The van der Waals surface area contributed by atoms with Crippen molar-refractivity contribution in [3.05, 3.63) is 0 Å². The minimum Gasteiger partial charge on any atom is -0.481 e. The summed E-state index contributed by atoms with van der Waals surface area (Å²) < 4.78 is 22.5. The van der Waals surface area contributed by atoms with Crippen molar-refractivity contribution in [3.8, 4) is 0 Å². The fraction of sp³-hybridized carbons (Fsp3) is 0.769. The highest BCUT2D eigenvalue weighted by molar-refractivity contribution is 7.52. The fourth-order valence-corrected chi connectivity index (χ4v) is 4.46. The largest absolute Gasteiger partial charge is 0.481 e. The minimum absolute atomic E-state index is 0.528. The van der Waals surface area contributed by atoms with Crippen molar-refractivity contribution in [1.82, 2.24) is 9.80 Å². The lowest BCUT2D eigenvalue weighted by molar-refractivity contribution is -0.157. The first-order valence-electron chi connectivity index (χ1n) is 8.19. The van der Waals surface area contributed by atoms with Gasteiger partial charge in [0.1, 0.15) is 24.7 Å². The van der Waals surface area contributed by atoms with Crippen molar-refractivity contribution < 1.29 is 58.4 Å². The SMILES string of the molecule is CC(C)C(C(=O)O)N(CCN(CP(=O)(O)O)CP(=O)(O)O)C(CC(=O)O)C(=O)O. The van der Waals surface area contributed by atoms with Gasteiger partial charge in [-0.25, -0.2) is 0 Å². The third kappa shape index (κ3) is 11.4.